The first-order chi connectivity index (χ1) is 15.7. The van der Waals surface area contributed by atoms with E-state index in [-0.39, 0.29) is 11.3 Å². The molecule has 2 N–H and O–H groups in total. The van der Waals surface area contributed by atoms with E-state index >= 15 is 0 Å². The van der Waals surface area contributed by atoms with Crippen molar-refractivity contribution in [1.82, 2.24) is 9.78 Å². The number of rotatable bonds is 5. The lowest BCUT2D eigenvalue weighted by atomic mass is 9.48. The summed E-state index contributed by atoms with van der Waals surface area (Å²) in [6, 6.07) is 2.14. The van der Waals surface area contributed by atoms with E-state index in [0.717, 1.165) is 55.8 Å². The minimum Gasteiger partial charge on any atom is -0.390 e. The third-order valence-corrected chi connectivity index (χ3v) is 10.8. The van der Waals surface area contributed by atoms with Gasteiger partial charge >= 0.3 is 0 Å². The number of fused-ring (bicyclic) bond motifs is 5. The molecule has 182 valence electrons. The van der Waals surface area contributed by atoms with Gasteiger partial charge in [0.25, 0.3) is 0 Å². The molecule has 0 unspecified atom stereocenters. The lowest BCUT2D eigenvalue weighted by molar-refractivity contribution is -0.130. The standard InChI is InChI=1S/C28H43N3O2/c1-4-11-28(33)13-10-21-20(14-28)5-6-23-22(21)9-12-26(2)24(23)7-8-25(26)27(3,32)18-31-17-19(15-29)16-30-31/h16-17,20-25,32-33H,4-14,18H2,1-3H3/t20-,21+,22-,23-,24+,25+,26+,27+,28-/m1/s1. The highest BCUT2D eigenvalue weighted by atomic mass is 16.3. The van der Waals surface area contributed by atoms with Gasteiger partial charge in [0.1, 0.15) is 6.07 Å². The molecule has 0 radical (unpaired) electrons. The second kappa shape index (κ2) is 8.38. The van der Waals surface area contributed by atoms with Gasteiger partial charge in [-0.15, -0.1) is 0 Å². The monoisotopic (exact) mass is 453 g/mol. The lowest BCUT2D eigenvalue weighted by Gasteiger charge is -2.58. The van der Waals surface area contributed by atoms with E-state index < -0.39 is 11.2 Å². The maximum atomic E-state index is 11.7. The van der Waals surface area contributed by atoms with Crippen LogP contribution in [0.2, 0.25) is 0 Å². The maximum absolute atomic E-state index is 11.7. The molecule has 1 aromatic rings. The molecular formula is C28H43N3O2. The summed E-state index contributed by atoms with van der Waals surface area (Å²) < 4.78 is 1.76. The second-order valence-electron chi connectivity index (χ2n) is 12.7. The van der Waals surface area contributed by atoms with Crippen molar-refractivity contribution in [1.29, 1.82) is 5.26 Å². The minimum absolute atomic E-state index is 0.181. The largest absolute Gasteiger partial charge is 0.390 e. The highest BCUT2D eigenvalue weighted by molar-refractivity contribution is 5.21. The van der Waals surface area contributed by atoms with Gasteiger partial charge in [-0.25, -0.2) is 0 Å². The van der Waals surface area contributed by atoms with Gasteiger partial charge in [0.05, 0.1) is 29.5 Å². The number of hydrogen-bond donors (Lipinski definition) is 2. The molecule has 4 aliphatic carbocycles. The predicted molar refractivity (Wildman–Crippen MR) is 128 cm³/mol. The van der Waals surface area contributed by atoms with Crippen molar-refractivity contribution < 1.29 is 10.2 Å². The van der Waals surface area contributed by atoms with Crippen molar-refractivity contribution in [2.75, 3.05) is 0 Å². The molecule has 0 spiro atoms. The van der Waals surface area contributed by atoms with Gasteiger partial charge < -0.3 is 10.2 Å². The summed E-state index contributed by atoms with van der Waals surface area (Å²) in [6.07, 6.45) is 16.1. The molecule has 0 amide bonds. The topological polar surface area (TPSA) is 82.1 Å². The summed E-state index contributed by atoms with van der Waals surface area (Å²) >= 11 is 0. The average Bonchev–Trinajstić information content (AvgIpc) is 3.36. The summed E-state index contributed by atoms with van der Waals surface area (Å²) in [5.74, 6) is 4.11. The summed E-state index contributed by atoms with van der Waals surface area (Å²) in [5, 5.41) is 36.2. The third-order valence-electron chi connectivity index (χ3n) is 10.8. The van der Waals surface area contributed by atoms with Crippen LogP contribution in [-0.2, 0) is 6.54 Å². The van der Waals surface area contributed by atoms with Crippen LogP contribution < -0.4 is 0 Å². The van der Waals surface area contributed by atoms with Crippen LogP contribution in [-0.4, -0.2) is 31.2 Å². The molecule has 4 fully saturated rings. The summed E-state index contributed by atoms with van der Waals surface area (Å²) in [4.78, 5) is 0. The molecule has 9 atom stereocenters. The fourth-order valence-corrected chi connectivity index (χ4v) is 9.62. The number of nitrogens with zero attached hydrogens (tertiary/aromatic N) is 3. The highest BCUT2D eigenvalue weighted by Gasteiger charge is 2.60. The van der Waals surface area contributed by atoms with Crippen molar-refractivity contribution in [3.05, 3.63) is 18.0 Å². The minimum atomic E-state index is -0.826. The van der Waals surface area contributed by atoms with Crippen LogP contribution in [0.1, 0.15) is 97.0 Å². The number of nitriles is 1. The molecule has 4 saturated carbocycles. The third kappa shape index (κ3) is 3.96. The van der Waals surface area contributed by atoms with Crippen LogP contribution in [0.4, 0.5) is 0 Å². The molecule has 0 aliphatic heterocycles. The van der Waals surface area contributed by atoms with Crippen molar-refractivity contribution in [3.8, 4) is 6.07 Å². The van der Waals surface area contributed by atoms with Crippen molar-refractivity contribution in [2.24, 2.45) is 40.9 Å². The zero-order chi connectivity index (χ0) is 23.4. The van der Waals surface area contributed by atoms with Crippen LogP contribution in [0, 0.1) is 52.3 Å². The van der Waals surface area contributed by atoms with Gasteiger partial charge in [0.15, 0.2) is 0 Å². The zero-order valence-corrected chi connectivity index (χ0v) is 20.8. The van der Waals surface area contributed by atoms with E-state index in [1.807, 2.05) is 6.92 Å². The Balaban J connectivity index is 1.31. The van der Waals surface area contributed by atoms with E-state index in [9.17, 15) is 10.2 Å². The number of aromatic nitrogens is 2. The van der Waals surface area contributed by atoms with Crippen molar-refractivity contribution >= 4 is 0 Å². The smallest absolute Gasteiger partial charge is 0.102 e. The van der Waals surface area contributed by atoms with Gasteiger partial charge in [-0.05, 0) is 112 Å². The number of aliphatic hydroxyl groups is 2. The second-order valence-corrected chi connectivity index (χ2v) is 12.7. The predicted octanol–water partition coefficient (Wildman–Crippen LogP) is 5.31. The molecule has 4 aliphatic rings. The summed E-state index contributed by atoms with van der Waals surface area (Å²) in [5.41, 5.74) is -0.494. The molecular weight excluding hydrogens is 410 g/mol. The highest BCUT2D eigenvalue weighted by Crippen LogP contribution is 2.66. The van der Waals surface area contributed by atoms with Crippen molar-refractivity contribution in [3.63, 3.8) is 0 Å². The summed E-state index contributed by atoms with van der Waals surface area (Å²) in [6.45, 7) is 7.12. The molecule has 5 heteroatoms. The van der Waals surface area contributed by atoms with E-state index in [1.165, 1.54) is 38.5 Å². The van der Waals surface area contributed by atoms with Gasteiger partial charge in [-0.2, -0.15) is 10.4 Å². The van der Waals surface area contributed by atoms with E-state index in [0.29, 0.717) is 18.0 Å². The number of hydrogen-bond acceptors (Lipinski definition) is 4. The Morgan fingerprint density at radius 3 is 2.67 bits per heavy atom. The van der Waals surface area contributed by atoms with Gasteiger partial charge in [0, 0.05) is 6.20 Å². The molecule has 1 aromatic heterocycles. The van der Waals surface area contributed by atoms with Crippen LogP contribution in [0.25, 0.3) is 0 Å². The quantitative estimate of drug-likeness (QED) is 0.633. The first-order valence-corrected chi connectivity index (χ1v) is 13.6. The normalized spacial score (nSPS) is 44.2. The van der Waals surface area contributed by atoms with Crippen LogP contribution >= 0.6 is 0 Å². The Kier molecular flexibility index (Phi) is 5.93. The Hall–Kier alpha value is -1.38. The van der Waals surface area contributed by atoms with Crippen molar-refractivity contribution in [2.45, 2.75) is 109 Å². The molecule has 5 nitrogen and oxygen atoms in total. The molecule has 0 aromatic carbocycles. The van der Waals surface area contributed by atoms with Crippen LogP contribution in [0.15, 0.2) is 12.4 Å². The van der Waals surface area contributed by atoms with Gasteiger partial charge in [0.2, 0.25) is 0 Å². The molecule has 0 saturated heterocycles. The Bertz CT molecular complexity index is 903. The van der Waals surface area contributed by atoms with Gasteiger partial charge in [-0.1, -0.05) is 20.3 Å². The SMILES string of the molecule is CCC[C@@]1(O)CC[C@H]2[C@H](CC[C@@H]3[C@@H]2CC[C@@]2(C)[C@H]3CC[C@@H]2[C@@](C)(O)Cn2cc(C#N)cn2)C1. The van der Waals surface area contributed by atoms with E-state index in [2.05, 4.69) is 25.0 Å². The zero-order valence-electron chi connectivity index (χ0n) is 20.8. The van der Waals surface area contributed by atoms with Crippen LogP contribution in [0.5, 0.6) is 0 Å². The Labute approximate surface area is 199 Å². The molecule has 1 heterocycles. The lowest BCUT2D eigenvalue weighted by Crippen LogP contribution is -2.53. The fraction of sp³-hybridized carbons (Fsp3) is 0.857. The molecule has 5 rings (SSSR count). The molecule has 0 bridgehead atoms. The van der Waals surface area contributed by atoms with Crippen LogP contribution in [0.3, 0.4) is 0 Å². The molecule has 33 heavy (non-hydrogen) atoms. The average molecular weight is 454 g/mol. The maximum Gasteiger partial charge on any atom is 0.102 e. The first kappa shape index (κ1) is 23.4. The van der Waals surface area contributed by atoms with E-state index in [1.54, 1.807) is 17.1 Å². The first-order valence-electron chi connectivity index (χ1n) is 13.6. The fourth-order valence-electron chi connectivity index (χ4n) is 9.62. The Morgan fingerprint density at radius 2 is 1.94 bits per heavy atom. The summed E-state index contributed by atoms with van der Waals surface area (Å²) in [7, 11) is 0. The van der Waals surface area contributed by atoms with Gasteiger partial charge in [-0.3, -0.25) is 4.68 Å². The Morgan fingerprint density at radius 1 is 1.15 bits per heavy atom. The van der Waals surface area contributed by atoms with E-state index in [4.69, 9.17) is 5.26 Å².